The smallest absolute Gasteiger partial charge is 0.324 e. The second-order valence-electron chi connectivity index (χ2n) is 9.83. The van der Waals surface area contributed by atoms with E-state index in [9.17, 15) is 18.0 Å². The maximum absolute atomic E-state index is 13.1. The van der Waals surface area contributed by atoms with E-state index in [-0.39, 0.29) is 5.69 Å². The summed E-state index contributed by atoms with van der Waals surface area (Å²) in [5.41, 5.74) is 8.97. The van der Waals surface area contributed by atoms with Crippen LogP contribution in [0.5, 0.6) is 0 Å². The van der Waals surface area contributed by atoms with E-state index in [1.807, 2.05) is 37.1 Å². The van der Waals surface area contributed by atoms with Crippen LogP contribution < -0.4 is 10.7 Å². The number of pyridine rings is 2. The van der Waals surface area contributed by atoms with Crippen molar-refractivity contribution in [2.75, 3.05) is 30.4 Å². The Bertz CT molecular complexity index is 1670. The number of rotatable bonds is 5. The maximum atomic E-state index is 13.1. The largest absolute Gasteiger partial charge is 0.416 e. The van der Waals surface area contributed by atoms with Crippen LogP contribution in [0.2, 0.25) is 0 Å². The molecule has 0 unspecified atom stereocenters. The number of aliphatic imine (C=N–C) groups is 2. The van der Waals surface area contributed by atoms with Gasteiger partial charge in [0.15, 0.2) is 0 Å². The first kappa shape index (κ1) is 26.2. The van der Waals surface area contributed by atoms with Crippen LogP contribution in [-0.2, 0) is 6.18 Å². The molecule has 9 nitrogen and oxygen atoms in total. The van der Waals surface area contributed by atoms with Gasteiger partial charge in [-0.05, 0) is 66.9 Å². The molecule has 1 amide bonds. The number of benzene rings is 1. The predicted molar refractivity (Wildman–Crippen MR) is 150 cm³/mol. The number of nitrogens with one attached hydrogen (secondary N) is 2. The van der Waals surface area contributed by atoms with Crippen molar-refractivity contribution in [1.82, 2.24) is 19.9 Å². The zero-order valence-electron chi connectivity index (χ0n) is 22.2. The van der Waals surface area contributed by atoms with Crippen LogP contribution in [0.1, 0.15) is 32.7 Å². The number of carbonyl (C=O) groups is 1. The molecule has 3 aliphatic heterocycles. The Balaban J connectivity index is 1.27. The van der Waals surface area contributed by atoms with Crippen molar-refractivity contribution in [2.24, 2.45) is 9.98 Å². The fourth-order valence-electron chi connectivity index (χ4n) is 4.91. The molecule has 0 bridgehead atoms. The summed E-state index contributed by atoms with van der Waals surface area (Å²) in [7, 11) is 0. The summed E-state index contributed by atoms with van der Waals surface area (Å²) in [6.45, 7) is 5.84. The standard InChI is InChI=1S/C29H25F3N8O/c1-17-3-4-20(37-28(41)25-11-19(5-8-34-25)29(30,31)32)12-21(17)22-13-24-26(40-10-9-35-27(22)40)15-39(16-36-24)38-23-6-7-33-14-18(23)2/h3-8,11-14,16H,9-10,15H2,1-2H3,(H,33,38)(H,37,41). The van der Waals surface area contributed by atoms with E-state index < -0.39 is 17.6 Å². The third-order valence-corrected chi connectivity index (χ3v) is 7.03. The molecule has 41 heavy (non-hydrogen) atoms. The molecule has 5 heterocycles. The molecular weight excluding hydrogens is 533 g/mol. The van der Waals surface area contributed by atoms with Crippen molar-refractivity contribution in [1.29, 1.82) is 0 Å². The third-order valence-electron chi connectivity index (χ3n) is 7.03. The first-order valence-corrected chi connectivity index (χ1v) is 12.9. The van der Waals surface area contributed by atoms with Crippen LogP contribution >= 0.6 is 0 Å². The van der Waals surface area contributed by atoms with Gasteiger partial charge in [-0.25, -0.2) is 4.99 Å². The van der Waals surface area contributed by atoms with Crippen LogP contribution in [0.3, 0.4) is 0 Å². The van der Waals surface area contributed by atoms with Gasteiger partial charge in [0.1, 0.15) is 17.9 Å². The van der Waals surface area contributed by atoms with Crippen molar-refractivity contribution in [3.05, 3.63) is 100 Å². The number of carbonyl (C=O) groups excluding carboxylic acids is 1. The molecule has 2 aromatic heterocycles. The quantitative estimate of drug-likeness (QED) is 0.455. The van der Waals surface area contributed by atoms with Gasteiger partial charge in [0, 0.05) is 36.4 Å². The number of alkyl halides is 3. The average molecular weight is 559 g/mol. The number of hydrazine groups is 1. The minimum Gasteiger partial charge on any atom is -0.324 e. The van der Waals surface area contributed by atoms with E-state index in [4.69, 9.17) is 9.98 Å². The molecule has 0 aliphatic carbocycles. The highest BCUT2D eigenvalue weighted by Gasteiger charge is 2.34. The molecule has 208 valence electrons. The summed E-state index contributed by atoms with van der Waals surface area (Å²) in [4.78, 5) is 32.4. The Kier molecular flexibility index (Phi) is 6.52. The molecule has 1 aromatic carbocycles. The molecule has 12 heteroatoms. The highest BCUT2D eigenvalue weighted by Crippen LogP contribution is 2.36. The molecular formula is C29H25F3N8O. The number of aryl methyl sites for hydroxylation is 2. The second kappa shape index (κ2) is 10.2. The summed E-state index contributed by atoms with van der Waals surface area (Å²) in [5.74, 6) is 0.0780. The van der Waals surface area contributed by atoms with E-state index >= 15 is 0 Å². The molecule has 0 saturated carbocycles. The lowest BCUT2D eigenvalue weighted by molar-refractivity contribution is -0.137. The zero-order chi connectivity index (χ0) is 28.7. The highest BCUT2D eigenvalue weighted by atomic mass is 19.4. The number of amides is 1. The molecule has 6 rings (SSSR count). The van der Waals surface area contributed by atoms with Crippen molar-refractivity contribution in [2.45, 2.75) is 20.0 Å². The summed E-state index contributed by atoms with van der Waals surface area (Å²) in [6, 6.07) is 8.83. The Morgan fingerprint density at radius 1 is 1.05 bits per heavy atom. The van der Waals surface area contributed by atoms with Crippen molar-refractivity contribution >= 4 is 35.0 Å². The number of aromatic nitrogens is 2. The minimum absolute atomic E-state index is 0.323. The fraction of sp³-hybridized carbons (Fsp3) is 0.207. The first-order chi connectivity index (χ1) is 19.7. The molecule has 3 aromatic rings. The van der Waals surface area contributed by atoms with E-state index in [2.05, 4.69) is 25.6 Å². The molecule has 0 atom stereocenters. The Hall–Kier alpha value is -5.00. The Morgan fingerprint density at radius 2 is 1.90 bits per heavy atom. The number of anilines is 2. The van der Waals surface area contributed by atoms with E-state index in [1.54, 1.807) is 30.9 Å². The molecule has 0 saturated heterocycles. The summed E-state index contributed by atoms with van der Waals surface area (Å²) in [6.07, 6.45) is 3.67. The average Bonchev–Trinajstić information content (AvgIpc) is 3.45. The van der Waals surface area contributed by atoms with Gasteiger partial charge in [-0.2, -0.15) is 13.2 Å². The zero-order valence-corrected chi connectivity index (χ0v) is 22.2. The summed E-state index contributed by atoms with van der Waals surface area (Å²) < 4.78 is 39.4. The molecule has 3 aliphatic rings. The van der Waals surface area contributed by atoms with Gasteiger partial charge < -0.3 is 10.2 Å². The number of halogens is 3. The van der Waals surface area contributed by atoms with Gasteiger partial charge >= 0.3 is 6.18 Å². The fourth-order valence-corrected chi connectivity index (χ4v) is 4.91. The number of allylic oxidation sites excluding steroid dienone is 1. The lowest BCUT2D eigenvalue weighted by atomic mass is 9.94. The Morgan fingerprint density at radius 3 is 2.71 bits per heavy atom. The van der Waals surface area contributed by atoms with Gasteiger partial charge in [-0.15, -0.1) is 0 Å². The van der Waals surface area contributed by atoms with E-state index in [0.717, 1.165) is 63.5 Å². The molecule has 0 radical (unpaired) electrons. The van der Waals surface area contributed by atoms with Crippen LogP contribution in [-0.4, -0.2) is 57.6 Å². The highest BCUT2D eigenvalue weighted by molar-refractivity contribution is 6.25. The number of hydrogen-bond donors (Lipinski definition) is 2. The van der Waals surface area contributed by atoms with Gasteiger partial charge in [0.2, 0.25) is 0 Å². The number of fused-ring (bicyclic) bond motifs is 2. The SMILES string of the molecule is Cc1cnccc1NN1C=NC2=C(C1)N1CCN=C1C(c1cc(NC(=O)c3cc(C(F)(F)F)ccn3)ccc1C)=C2. The summed E-state index contributed by atoms with van der Waals surface area (Å²) >= 11 is 0. The van der Waals surface area contributed by atoms with Crippen LogP contribution in [0.15, 0.2) is 82.4 Å². The van der Waals surface area contributed by atoms with Gasteiger partial charge in [0.25, 0.3) is 5.91 Å². The van der Waals surface area contributed by atoms with Crippen molar-refractivity contribution in [3.8, 4) is 0 Å². The number of amidine groups is 1. The normalized spacial score (nSPS) is 16.2. The third kappa shape index (κ3) is 5.15. The molecule has 0 spiro atoms. The minimum atomic E-state index is -4.57. The number of hydrogen-bond acceptors (Lipinski definition) is 8. The first-order valence-electron chi connectivity index (χ1n) is 12.9. The topological polar surface area (TPSA) is 98.1 Å². The van der Waals surface area contributed by atoms with Crippen molar-refractivity contribution in [3.63, 3.8) is 0 Å². The number of nitrogens with zero attached hydrogens (tertiary/aromatic N) is 6. The van der Waals surface area contributed by atoms with Gasteiger partial charge in [-0.3, -0.25) is 30.2 Å². The summed E-state index contributed by atoms with van der Waals surface area (Å²) in [5, 5.41) is 4.60. The molecule has 0 fully saturated rings. The lowest BCUT2D eigenvalue weighted by Crippen LogP contribution is -2.42. The van der Waals surface area contributed by atoms with E-state index in [0.29, 0.717) is 25.3 Å². The van der Waals surface area contributed by atoms with E-state index in [1.165, 1.54) is 0 Å². The Labute approximate surface area is 233 Å². The maximum Gasteiger partial charge on any atom is 0.416 e. The second-order valence-corrected chi connectivity index (χ2v) is 9.83. The van der Waals surface area contributed by atoms with Crippen LogP contribution in [0.4, 0.5) is 24.5 Å². The van der Waals surface area contributed by atoms with Gasteiger partial charge in [-0.1, -0.05) is 6.07 Å². The lowest BCUT2D eigenvalue weighted by Gasteiger charge is -2.36. The van der Waals surface area contributed by atoms with Gasteiger partial charge in [0.05, 0.1) is 35.7 Å². The monoisotopic (exact) mass is 558 g/mol. The van der Waals surface area contributed by atoms with Crippen molar-refractivity contribution < 1.29 is 18.0 Å². The van der Waals surface area contributed by atoms with Crippen LogP contribution in [0.25, 0.3) is 5.57 Å². The van der Waals surface area contributed by atoms with Crippen LogP contribution in [0, 0.1) is 13.8 Å². The predicted octanol–water partition coefficient (Wildman–Crippen LogP) is 5.06. The molecule has 2 N–H and O–H groups in total.